The second kappa shape index (κ2) is 16.5. The minimum Gasteiger partial charge on any atom is -0.460 e. The summed E-state index contributed by atoms with van der Waals surface area (Å²) in [5, 5.41) is 14.4. The number of aromatic nitrogens is 3. The lowest BCUT2D eigenvalue weighted by molar-refractivity contribution is -0.131. The largest absolute Gasteiger partial charge is 0.460 e. The highest BCUT2D eigenvalue weighted by Crippen LogP contribution is 2.39. The maximum atomic E-state index is 17.0. The van der Waals surface area contributed by atoms with E-state index in [4.69, 9.17) is 26.1 Å². The summed E-state index contributed by atoms with van der Waals surface area (Å²) < 4.78 is 43.7. The van der Waals surface area contributed by atoms with E-state index in [0.717, 1.165) is 55.7 Å². The highest BCUT2D eigenvalue weighted by molar-refractivity contribution is 7.10. The number of methoxy groups -OCH3 is 1. The van der Waals surface area contributed by atoms with Crippen molar-refractivity contribution in [1.82, 2.24) is 24.8 Å². The Morgan fingerprint density at radius 3 is 2.66 bits per heavy atom. The quantitative estimate of drug-likeness (QED) is 0.0999. The molecule has 3 aromatic carbocycles. The molecule has 10 nitrogen and oxygen atoms in total. The molecule has 274 valence electrons. The number of ether oxygens (including phenoxy) is 2. The standard InChI is InChI=1S/C39H38ClF2N7O3S/c1-51-21-4-16-47-17-12-27(13-18-47)52-39-45-36-30(10-9-29(35(36)42)28-7-2-5-25-6-3-8-31(40)34(25)28)37(46-39)48-19-20-49(26(24-48)11-14-43)38(50)32(41)23-33-44-15-22-53-33/h2-3,5-10,15,22-23,26-27H,4,11-13,16-21,24H2,1H3/b32-23-/t26-/m0/s1. The zero-order valence-electron chi connectivity index (χ0n) is 29.2. The Kier molecular flexibility index (Phi) is 11.4. The van der Waals surface area contributed by atoms with Crippen molar-refractivity contribution in [1.29, 1.82) is 5.26 Å². The summed E-state index contributed by atoms with van der Waals surface area (Å²) in [7, 11) is 1.70. The predicted octanol–water partition coefficient (Wildman–Crippen LogP) is 7.52. The summed E-state index contributed by atoms with van der Waals surface area (Å²) in [6.45, 7) is 3.86. The number of piperazine rings is 1. The number of carbonyl (C=O) groups is 1. The van der Waals surface area contributed by atoms with E-state index in [9.17, 15) is 10.1 Å². The van der Waals surface area contributed by atoms with E-state index in [-0.39, 0.29) is 43.7 Å². The fourth-order valence-electron chi connectivity index (χ4n) is 7.19. The SMILES string of the molecule is COCCCN1CCC(Oc2nc(N3CCN(C(=O)/C(F)=C/c4nccs4)[C@@H](CC#N)C3)c3ccc(-c4cccc5cccc(Cl)c45)c(F)c3n2)CC1. The van der Waals surface area contributed by atoms with Crippen LogP contribution in [0.2, 0.25) is 5.02 Å². The molecule has 0 N–H and O–H groups in total. The van der Waals surface area contributed by atoms with Gasteiger partial charge < -0.3 is 24.2 Å². The third-order valence-corrected chi connectivity index (χ3v) is 10.9. The Hall–Kier alpha value is -4.74. The molecule has 2 aliphatic rings. The average molecular weight is 758 g/mol. The monoisotopic (exact) mass is 757 g/mol. The van der Waals surface area contributed by atoms with Crippen molar-refractivity contribution in [3.8, 4) is 23.2 Å². The van der Waals surface area contributed by atoms with E-state index >= 15 is 8.78 Å². The van der Waals surface area contributed by atoms with Gasteiger partial charge in [-0.15, -0.1) is 11.3 Å². The smallest absolute Gasteiger partial charge is 0.319 e. The number of thiazole rings is 1. The molecule has 1 atom stereocenters. The normalized spacial score (nSPS) is 17.4. The fourth-order valence-corrected chi connectivity index (χ4v) is 8.03. The van der Waals surface area contributed by atoms with Gasteiger partial charge in [-0.2, -0.15) is 15.2 Å². The first-order valence-corrected chi connectivity index (χ1v) is 18.9. The third-order valence-electron chi connectivity index (χ3n) is 9.82. The Balaban J connectivity index is 1.24. The van der Waals surface area contributed by atoms with Gasteiger partial charge in [-0.3, -0.25) is 4.79 Å². The number of hydrogen-bond donors (Lipinski definition) is 0. The fraction of sp³-hybridized carbons (Fsp3) is 0.359. The number of rotatable bonds is 11. The van der Waals surface area contributed by atoms with Crippen LogP contribution in [-0.4, -0.2) is 95.8 Å². The van der Waals surface area contributed by atoms with Gasteiger partial charge in [-0.05, 0) is 42.3 Å². The first-order chi connectivity index (χ1) is 25.8. The summed E-state index contributed by atoms with van der Waals surface area (Å²) in [6.07, 6.45) is 4.89. The third kappa shape index (κ3) is 7.96. The molecule has 5 aromatic rings. The van der Waals surface area contributed by atoms with E-state index < -0.39 is 23.6 Å². The maximum absolute atomic E-state index is 17.0. The van der Waals surface area contributed by atoms with Crippen LogP contribution in [0.15, 0.2) is 65.9 Å². The van der Waals surface area contributed by atoms with Gasteiger partial charge in [-0.25, -0.2) is 13.8 Å². The predicted molar refractivity (Wildman–Crippen MR) is 203 cm³/mol. The molecule has 0 spiro atoms. The van der Waals surface area contributed by atoms with Crippen LogP contribution in [0.25, 0.3) is 38.9 Å². The van der Waals surface area contributed by atoms with Gasteiger partial charge in [0, 0.05) is 92.0 Å². The van der Waals surface area contributed by atoms with Crippen molar-refractivity contribution >= 4 is 62.4 Å². The molecule has 0 bridgehead atoms. The van der Waals surface area contributed by atoms with Crippen LogP contribution >= 0.6 is 22.9 Å². The van der Waals surface area contributed by atoms with Crippen molar-refractivity contribution in [3.63, 3.8) is 0 Å². The molecule has 53 heavy (non-hydrogen) atoms. The summed E-state index contributed by atoms with van der Waals surface area (Å²) in [6, 6.07) is 16.2. The van der Waals surface area contributed by atoms with Crippen LogP contribution in [-0.2, 0) is 9.53 Å². The number of piperidine rings is 1. The van der Waals surface area contributed by atoms with Crippen molar-refractivity contribution in [3.05, 3.63) is 81.8 Å². The molecule has 2 aromatic heterocycles. The van der Waals surface area contributed by atoms with Crippen LogP contribution in [0.4, 0.5) is 14.6 Å². The number of nitriles is 1. The Bertz CT molecular complexity index is 2170. The van der Waals surface area contributed by atoms with Crippen LogP contribution < -0.4 is 9.64 Å². The van der Waals surface area contributed by atoms with Gasteiger partial charge in [0.2, 0.25) is 0 Å². The summed E-state index contributed by atoms with van der Waals surface area (Å²) in [4.78, 5) is 32.5. The Morgan fingerprint density at radius 2 is 1.91 bits per heavy atom. The number of hydrogen-bond acceptors (Lipinski definition) is 10. The minimum absolute atomic E-state index is 0.0392. The topological polar surface area (TPSA) is 108 Å². The number of fused-ring (bicyclic) bond motifs is 2. The molecule has 0 radical (unpaired) electrons. The van der Waals surface area contributed by atoms with E-state index in [2.05, 4.69) is 20.9 Å². The molecular weight excluding hydrogens is 720 g/mol. The maximum Gasteiger partial charge on any atom is 0.319 e. The van der Waals surface area contributed by atoms with Gasteiger partial charge in [-0.1, -0.05) is 48.0 Å². The molecule has 0 saturated carbocycles. The minimum atomic E-state index is -0.951. The van der Waals surface area contributed by atoms with Gasteiger partial charge in [0.25, 0.3) is 5.91 Å². The number of likely N-dealkylation sites (tertiary alicyclic amines) is 1. The molecule has 2 fully saturated rings. The number of halogens is 3. The average Bonchev–Trinajstić information content (AvgIpc) is 3.69. The molecule has 0 aliphatic carbocycles. The highest BCUT2D eigenvalue weighted by Gasteiger charge is 2.34. The summed E-state index contributed by atoms with van der Waals surface area (Å²) in [5.74, 6) is -1.90. The van der Waals surface area contributed by atoms with Crippen molar-refractivity contribution in [2.24, 2.45) is 0 Å². The first-order valence-electron chi connectivity index (χ1n) is 17.6. The molecule has 14 heteroatoms. The van der Waals surface area contributed by atoms with E-state index in [1.54, 1.807) is 30.7 Å². The molecule has 2 saturated heterocycles. The zero-order chi connectivity index (χ0) is 36.9. The van der Waals surface area contributed by atoms with Crippen molar-refractivity contribution < 1.29 is 23.0 Å². The first kappa shape index (κ1) is 36.6. The second-order valence-corrected chi connectivity index (χ2v) is 14.5. The van der Waals surface area contributed by atoms with Crippen LogP contribution in [0.3, 0.4) is 0 Å². The summed E-state index contributed by atoms with van der Waals surface area (Å²) in [5.41, 5.74) is 1.04. The Labute approximate surface area is 315 Å². The van der Waals surface area contributed by atoms with Gasteiger partial charge in [0.15, 0.2) is 11.6 Å². The van der Waals surface area contributed by atoms with Crippen molar-refractivity contribution in [2.75, 3.05) is 57.9 Å². The van der Waals surface area contributed by atoms with Crippen molar-refractivity contribution in [2.45, 2.75) is 37.8 Å². The lowest BCUT2D eigenvalue weighted by Gasteiger charge is -2.41. The number of carbonyl (C=O) groups excluding carboxylic acids is 1. The van der Waals surface area contributed by atoms with E-state index in [1.165, 1.54) is 22.4 Å². The van der Waals surface area contributed by atoms with E-state index in [0.29, 0.717) is 39.0 Å². The molecular formula is C39H38ClF2N7O3S. The number of amides is 1. The summed E-state index contributed by atoms with van der Waals surface area (Å²) >= 11 is 7.87. The lowest BCUT2D eigenvalue weighted by atomic mass is 9.96. The molecule has 0 unspecified atom stereocenters. The number of benzene rings is 3. The second-order valence-electron chi connectivity index (χ2n) is 13.1. The zero-order valence-corrected chi connectivity index (χ0v) is 30.8. The molecule has 4 heterocycles. The van der Waals surface area contributed by atoms with Crippen LogP contribution in [0.1, 0.15) is 30.7 Å². The number of anilines is 1. The lowest BCUT2D eigenvalue weighted by Crippen LogP contribution is -2.55. The molecule has 2 aliphatic heterocycles. The van der Waals surface area contributed by atoms with Gasteiger partial charge in [0.05, 0.1) is 18.5 Å². The van der Waals surface area contributed by atoms with E-state index in [1.807, 2.05) is 35.2 Å². The Morgan fingerprint density at radius 1 is 1.09 bits per heavy atom. The van der Waals surface area contributed by atoms with Gasteiger partial charge >= 0.3 is 6.01 Å². The molecule has 7 rings (SSSR count). The number of nitrogens with zero attached hydrogens (tertiary/aromatic N) is 7. The highest BCUT2D eigenvalue weighted by atomic mass is 35.5. The van der Waals surface area contributed by atoms with Crippen LogP contribution in [0.5, 0.6) is 6.01 Å². The van der Waals surface area contributed by atoms with Crippen LogP contribution in [0, 0.1) is 17.1 Å². The van der Waals surface area contributed by atoms with Gasteiger partial charge in [0.1, 0.15) is 22.4 Å². The molecule has 1 amide bonds.